The van der Waals surface area contributed by atoms with Crippen molar-refractivity contribution in [2.24, 2.45) is 5.10 Å². The Morgan fingerprint density at radius 1 is 1.15 bits per heavy atom. The number of halogens is 1. The Kier molecular flexibility index (Phi) is 7.21. The van der Waals surface area contributed by atoms with E-state index in [0.29, 0.717) is 17.4 Å². The third-order valence-corrected chi connectivity index (χ3v) is 4.32. The van der Waals surface area contributed by atoms with Gasteiger partial charge in [-0.05, 0) is 42.2 Å². The van der Waals surface area contributed by atoms with Crippen LogP contribution in [0.15, 0.2) is 52.0 Å². The molecule has 138 valence electrons. The summed E-state index contributed by atoms with van der Waals surface area (Å²) in [7, 11) is 1.55. The van der Waals surface area contributed by atoms with E-state index in [1.54, 1.807) is 19.2 Å². The summed E-state index contributed by atoms with van der Waals surface area (Å²) in [4.78, 5) is 12.0. The van der Waals surface area contributed by atoms with Crippen LogP contribution in [0.3, 0.4) is 0 Å². The van der Waals surface area contributed by atoms with E-state index in [0.717, 1.165) is 15.7 Å². The first-order chi connectivity index (χ1) is 12.4. The molecular weight excluding hydrogens is 396 g/mol. The normalized spacial score (nSPS) is 11.4. The second kappa shape index (κ2) is 9.38. The Hall–Kier alpha value is -2.34. The molecule has 1 amide bonds. The number of nitrogens with one attached hydrogen (secondary N) is 1. The Labute approximate surface area is 162 Å². The minimum atomic E-state index is -0.340. The second-order valence-corrected chi connectivity index (χ2v) is 7.01. The molecule has 2 rings (SSSR count). The molecule has 0 aliphatic heterocycles. The van der Waals surface area contributed by atoms with E-state index < -0.39 is 0 Å². The Bertz CT molecular complexity index is 786. The SMILES string of the molecule is COc1cc(Br)ccc1OCC(=O)N/N=C(\C)c1ccc(C(C)C)cc1. The minimum Gasteiger partial charge on any atom is -0.493 e. The van der Waals surface area contributed by atoms with Gasteiger partial charge in [0, 0.05) is 4.47 Å². The lowest BCUT2D eigenvalue weighted by molar-refractivity contribution is -0.123. The van der Waals surface area contributed by atoms with Crippen LogP contribution in [0, 0.1) is 0 Å². The Morgan fingerprint density at radius 3 is 2.46 bits per heavy atom. The molecule has 2 aromatic rings. The number of methoxy groups -OCH3 is 1. The topological polar surface area (TPSA) is 59.9 Å². The molecule has 0 saturated carbocycles. The lowest BCUT2D eigenvalue weighted by Crippen LogP contribution is -2.25. The van der Waals surface area contributed by atoms with Crippen molar-refractivity contribution in [1.82, 2.24) is 5.43 Å². The molecule has 0 radical (unpaired) electrons. The average Bonchev–Trinajstić information content (AvgIpc) is 2.64. The molecule has 6 heteroatoms. The van der Waals surface area contributed by atoms with Crippen LogP contribution in [-0.2, 0) is 4.79 Å². The Balaban J connectivity index is 1.92. The summed E-state index contributed by atoms with van der Waals surface area (Å²) in [5.41, 5.74) is 5.47. The van der Waals surface area contributed by atoms with E-state index in [-0.39, 0.29) is 12.5 Å². The molecule has 0 aliphatic rings. The van der Waals surface area contributed by atoms with Gasteiger partial charge in [0.1, 0.15) is 0 Å². The molecule has 0 saturated heterocycles. The Morgan fingerprint density at radius 2 is 1.85 bits per heavy atom. The average molecular weight is 419 g/mol. The zero-order chi connectivity index (χ0) is 19.1. The van der Waals surface area contributed by atoms with Gasteiger partial charge < -0.3 is 9.47 Å². The predicted molar refractivity (Wildman–Crippen MR) is 107 cm³/mol. The van der Waals surface area contributed by atoms with Crippen molar-refractivity contribution in [3.05, 3.63) is 58.1 Å². The van der Waals surface area contributed by atoms with Gasteiger partial charge in [-0.2, -0.15) is 5.10 Å². The number of benzene rings is 2. The summed E-state index contributed by atoms with van der Waals surface area (Å²) < 4.78 is 11.6. The molecule has 0 fully saturated rings. The van der Waals surface area contributed by atoms with Crippen LogP contribution in [0.2, 0.25) is 0 Å². The van der Waals surface area contributed by atoms with E-state index in [1.165, 1.54) is 5.56 Å². The van der Waals surface area contributed by atoms with Crippen molar-refractivity contribution in [3.8, 4) is 11.5 Å². The number of carbonyl (C=O) groups excluding carboxylic acids is 1. The van der Waals surface area contributed by atoms with Crippen molar-refractivity contribution in [1.29, 1.82) is 0 Å². The highest BCUT2D eigenvalue weighted by Crippen LogP contribution is 2.30. The molecule has 0 aliphatic carbocycles. The summed E-state index contributed by atoms with van der Waals surface area (Å²) in [5.74, 6) is 1.19. The van der Waals surface area contributed by atoms with Gasteiger partial charge in [-0.25, -0.2) is 5.43 Å². The van der Waals surface area contributed by atoms with Gasteiger partial charge in [-0.15, -0.1) is 0 Å². The molecule has 0 atom stereocenters. The zero-order valence-electron chi connectivity index (χ0n) is 15.4. The van der Waals surface area contributed by atoms with Gasteiger partial charge in [0.2, 0.25) is 0 Å². The van der Waals surface area contributed by atoms with Crippen LogP contribution in [0.1, 0.15) is 37.8 Å². The van der Waals surface area contributed by atoms with Crippen molar-refractivity contribution in [3.63, 3.8) is 0 Å². The monoisotopic (exact) mass is 418 g/mol. The lowest BCUT2D eigenvalue weighted by atomic mass is 10.0. The molecule has 1 N–H and O–H groups in total. The molecular formula is C20H23BrN2O3. The highest BCUT2D eigenvalue weighted by molar-refractivity contribution is 9.10. The van der Waals surface area contributed by atoms with E-state index >= 15 is 0 Å². The summed E-state index contributed by atoms with van der Waals surface area (Å²) >= 11 is 3.36. The van der Waals surface area contributed by atoms with Crippen molar-refractivity contribution in [2.75, 3.05) is 13.7 Å². The van der Waals surface area contributed by atoms with Crippen molar-refractivity contribution in [2.45, 2.75) is 26.7 Å². The maximum atomic E-state index is 12.0. The fourth-order valence-corrected chi connectivity index (χ4v) is 2.60. The van der Waals surface area contributed by atoms with Gasteiger partial charge in [-0.1, -0.05) is 54.0 Å². The third kappa shape index (κ3) is 5.59. The number of hydrogen-bond acceptors (Lipinski definition) is 4. The second-order valence-electron chi connectivity index (χ2n) is 6.09. The maximum Gasteiger partial charge on any atom is 0.277 e. The van der Waals surface area contributed by atoms with Crippen LogP contribution < -0.4 is 14.9 Å². The molecule has 0 bridgehead atoms. The number of hydrogen-bond donors (Lipinski definition) is 1. The predicted octanol–water partition coefficient (Wildman–Crippen LogP) is 4.50. The van der Waals surface area contributed by atoms with E-state index in [2.05, 4.69) is 52.4 Å². The van der Waals surface area contributed by atoms with Crippen molar-refractivity contribution >= 4 is 27.5 Å². The van der Waals surface area contributed by atoms with Gasteiger partial charge in [0.05, 0.1) is 12.8 Å². The van der Waals surface area contributed by atoms with Crippen LogP contribution in [0.25, 0.3) is 0 Å². The number of rotatable bonds is 7. The first-order valence-electron chi connectivity index (χ1n) is 8.30. The number of nitrogens with zero attached hydrogens (tertiary/aromatic N) is 1. The summed E-state index contributed by atoms with van der Waals surface area (Å²) in [6.07, 6.45) is 0. The maximum absolute atomic E-state index is 12.0. The molecule has 0 unspecified atom stereocenters. The number of carbonyl (C=O) groups is 1. The van der Waals surface area contributed by atoms with E-state index in [4.69, 9.17) is 9.47 Å². The van der Waals surface area contributed by atoms with Crippen LogP contribution >= 0.6 is 15.9 Å². The quantitative estimate of drug-likeness (QED) is 0.531. The van der Waals surface area contributed by atoms with Gasteiger partial charge in [0.25, 0.3) is 5.91 Å². The van der Waals surface area contributed by atoms with Gasteiger partial charge in [0.15, 0.2) is 18.1 Å². The fraction of sp³-hybridized carbons (Fsp3) is 0.300. The smallest absolute Gasteiger partial charge is 0.277 e. The first-order valence-corrected chi connectivity index (χ1v) is 9.09. The highest BCUT2D eigenvalue weighted by Gasteiger charge is 2.08. The molecule has 5 nitrogen and oxygen atoms in total. The summed E-state index contributed by atoms with van der Waals surface area (Å²) in [6.45, 7) is 6.00. The standard InChI is InChI=1S/C20H23BrN2O3/c1-13(2)15-5-7-16(8-6-15)14(3)22-23-20(24)12-26-18-10-9-17(21)11-19(18)25-4/h5-11,13H,12H2,1-4H3,(H,23,24)/b22-14+. The highest BCUT2D eigenvalue weighted by atomic mass is 79.9. The largest absolute Gasteiger partial charge is 0.493 e. The minimum absolute atomic E-state index is 0.152. The van der Waals surface area contributed by atoms with Crippen LogP contribution in [0.5, 0.6) is 11.5 Å². The molecule has 0 aromatic heterocycles. The zero-order valence-corrected chi connectivity index (χ0v) is 17.0. The van der Waals surface area contributed by atoms with Crippen molar-refractivity contribution < 1.29 is 14.3 Å². The molecule has 0 spiro atoms. The molecule has 0 heterocycles. The number of ether oxygens (including phenoxy) is 2. The van der Waals surface area contributed by atoms with Crippen LogP contribution in [0.4, 0.5) is 0 Å². The van der Waals surface area contributed by atoms with Gasteiger partial charge >= 0.3 is 0 Å². The van der Waals surface area contributed by atoms with E-state index in [9.17, 15) is 4.79 Å². The lowest BCUT2D eigenvalue weighted by Gasteiger charge is -2.10. The van der Waals surface area contributed by atoms with Crippen LogP contribution in [-0.4, -0.2) is 25.3 Å². The van der Waals surface area contributed by atoms with Gasteiger partial charge in [-0.3, -0.25) is 4.79 Å². The molecule has 2 aromatic carbocycles. The van der Waals surface area contributed by atoms with E-state index in [1.807, 2.05) is 25.1 Å². The summed E-state index contributed by atoms with van der Waals surface area (Å²) in [6, 6.07) is 13.5. The number of hydrazone groups is 1. The summed E-state index contributed by atoms with van der Waals surface area (Å²) in [5, 5.41) is 4.14. The third-order valence-electron chi connectivity index (χ3n) is 3.83. The first kappa shape index (κ1) is 20.0. The fourth-order valence-electron chi connectivity index (χ4n) is 2.26. The molecule has 26 heavy (non-hydrogen) atoms. The number of amides is 1.